The first-order chi connectivity index (χ1) is 24.3. The Morgan fingerprint density at radius 2 is 1.04 bits per heavy atom. The van der Waals surface area contributed by atoms with Crippen LogP contribution in [0.3, 0.4) is 0 Å². The van der Waals surface area contributed by atoms with Gasteiger partial charge in [-0.2, -0.15) is 0 Å². The van der Waals surface area contributed by atoms with Crippen molar-refractivity contribution in [2.75, 3.05) is 4.90 Å². The van der Waals surface area contributed by atoms with Crippen LogP contribution in [0.5, 0.6) is 0 Å². The van der Waals surface area contributed by atoms with Crippen LogP contribution in [0.1, 0.15) is 0 Å². The number of rotatable bonds is 5. The molecular formula is C46H30N2O. The minimum absolute atomic E-state index is 0.874. The summed E-state index contributed by atoms with van der Waals surface area (Å²) in [7, 11) is 0. The second-order valence-corrected chi connectivity index (χ2v) is 12.5. The van der Waals surface area contributed by atoms with Crippen LogP contribution in [0.2, 0.25) is 0 Å². The van der Waals surface area contributed by atoms with Crippen molar-refractivity contribution in [2.45, 2.75) is 0 Å². The second kappa shape index (κ2) is 11.0. The van der Waals surface area contributed by atoms with E-state index in [-0.39, 0.29) is 0 Å². The van der Waals surface area contributed by atoms with E-state index in [0.717, 1.165) is 44.7 Å². The summed E-state index contributed by atoms with van der Waals surface area (Å²) < 4.78 is 8.76. The number of hydrogen-bond donors (Lipinski definition) is 0. The van der Waals surface area contributed by atoms with Crippen molar-refractivity contribution < 1.29 is 4.42 Å². The Morgan fingerprint density at radius 1 is 0.408 bits per heavy atom. The number of anilines is 3. The molecule has 0 bridgehead atoms. The monoisotopic (exact) mass is 626 g/mol. The summed E-state index contributed by atoms with van der Waals surface area (Å²) >= 11 is 0. The molecule has 0 saturated heterocycles. The average Bonchev–Trinajstić information content (AvgIpc) is 3.73. The van der Waals surface area contributed by atoms with E-state index in [1.54, 1.807) is 0 Å². The molecule has 0 N–H and O–H groups in total. The molecule has 0 fully saturated rings. The largest absolute Gasteiger partial charge is 0.456 e. The minimum Gasteiger partial charge on any atom is -0.456 e. The maximum atomic E-state index is 6.35. The zero-order valence-corrected chi connectivity index (χ0v) is 26.6. The molecule has 230 valence electrons. The highest BCUT2D eigenvalue weighted by Crippen LogP contribution is 2.44. The normalized spacial score (nSPS) is 11.7. The molecule has 0 amide bonds. The number of hydrogen-bond acceptors (Lipinski definition) is 2. The molecule has 10 rings (SSSR count). The van der Waals surface area contributed by atoms with Crippen LogP contribution < -0.4 is 4.90 Å². The van der Waals surface area contributed by atoms with Crippen molar-refractivity contribution in [2.24, 2.45) is 0 Å². The maximum Gasteiger partial charge on any atom is 0.137 e. The molecule has 49 heavy (non-hydrogen) atoms. The Balaban J connectivity index is 1.18. The van der Waals surface area contributed by atoms with E-state index < -0.39 is 0 Å². The standard InChI is InChI=1S/C46H30N2O/c1-2-11-31(12-3-1)32-21-24-34(25-22-32)47(42-18-10-20-44-45(42)40-16-7-9-19-43(40)49-44)35-26-28-36(29-27-35)48-41-17-8-6-15-38(41)39-30-23-33-13-4-5-14-37(33)46(39)48/h1-30H. The van der Waals surface area contributed by atoms with Gasteiger partial charge in [-0.1, -0.05) is 121 Å². The molecule has 3 nitrogen and oxygen atoms in total. The van der Waals surface area contributed by atoms with Crippen molar-refractivity contribution in [1.29, 1.82) is 0 Å². The highest BCUT2D eigenvalue weighted by atomic mass is 16.3. The van der Waals surface area contributed by atoms with Gasteiger partial charge in [0.1, 0.15) is 11.2 Å². The number of aromatic nitrogens is 1. The van der Waals surface area contributed by atoms with E-state index in [4.69, 9.17) is 4.42 Å². The Labute approximate surface area is 283 Å². The molecule has 0 spiro atoms. The van der Waals surface area contributed by atoms with Crippen molar-refractivity contribution in [3.8, 4) is 16.8 Å². The van der Waals surface area contributed by atoms with Gasteiger partial charge in [-0.05, 0) is 77.2 Å². The molecule has 0 unspecified atom stereocenters. The molecule has 0 saturated carbocycles. The molecule has 2 heterocycles. The summed E-state index contributed by atoms with van der Waals surface area (Å²) in [5.74, 6) is 0. The van der Waals surface area contributed by atoms with Crippen molar-refractivity contribution in [3.05, 3.63) is 182 Å². The van der Waals surface area contributed by atoms with Crippen LogP contribution >= 0.6 is 0 Å². The van der Waals surface area contributed by atoms with Crippen molar-refractivity contribution in [1.82, 2.24) is 4.57 Å². The van der Waals surface area contributed by atoms with E-state index in [0.29, 0.717) is 0 Å². The fourth-order valence-electron chi connectivity index (χ4n) is 7.55. The van der Waals surface area contributed by atoms with Crippen LogP contribution in [0.15, 0.2) is 186 Å². The molecule has 0 aliphatic rings. The first-order valence-corrected chi connectivity index (χ1v) is 16.7. The summed E-state index contributed by atoms with van der Waals surface area (Å²) in [5, 5.41) is 7.21. The van der Waals surface area contributed by atoms with Crippen LogP contribution in [-0.2, 0) is 0 Å². The maximum absolute atomic E-state index is 6.35. The minimum atomic E-state index is 0.874. The SMILES string of the molecule is c1ccc(-c2ccc(N(c3ccc(-n4c5ccccc5c5ccc6ccccc6c54)cc3)c3cccc4oc5ccccc5c34)cc2)cc1. The van der Waals surface area contributed by atoms with Crippen molar-refractivity contribution in [3.63, 3.8) is 0 Å². The van der Waals surface area contributed by atoms with Gasteiger partial charge in [0.25, 0.3) is 0 Å². The summed E-state index contributed by atoms with van der Waals surface area (Å²) in [4.78, 5) is 2.35. The first-order valence-electron chi connectivity index (χ1n) is 16.7. The molecule has 8 aromatic carbocycles. The number of para-hydroxylation sites is 2. The van der Waals surface area contributed by atoms with Crippen LogP contribution in [0.4, 0.5) is 17.1 Å². The zero-order valence-electron chi connectivity index (χ0n) is 26.6. The molecule has 0 radical (unpaired) electrons. The van der Waals surface area contributed by atoms with E-state index in [1.807, 2.05) is 12.1 Å². The molecule has 10 aromatic rings. The van der Waals surface area contributed by atoms with Crippen LogP contribution in [0.25, 0.3) is 71.3 Å². The Hall–Kier alpha value is -6.58. The van der Waals surface area contributed by atoms with Crippen LogP contribution in [-0.4, -0.2) is 4.57 Å². The van der Waals surface area contributed by atoms with Crippen LogP contribution in [0, 0.1) is 0 Å². The predicted molar refractivity (Wildman–Crippen MR) is 206 cm³/mol. The Bertz CT molecular complexity index is 2810. The molecular weight excluding hydrogens is 597 g/mol. The lowest BCUT2D eigenvalue weighted by Gasteiger charge is -2.27. The second-order valence-electron chi connectivity index (χ2n) is 12.5. The molecule has 0 aliphatic carbocycles. The van der Waals surface area contributed by atoms with E-state index in [2.05, 4.69) is 179 Å². The number of nitrogens with zero attached hydrogens (tertiary/aromatic N) is 2. The van der Waals surface area contributed by atoms with Gasteiger partial charge in [0.2, 0.25) is 0 Å². The van der Waals surface area contributed by atoms with Gasteiger partial charge < -0.3 is 13.9 Å². The van der Waals surface area contributed by atoms with Gasteiger partial charge in [-0.3, -0.25) is 0 Å². The summed E-state index contributed by atoms with van der Waals surface area (Å²) in [6, 6.07) is 64.9. The fraction of sp³-hybridized carbons (Fsp3) is 0. The topological polar surface area (TPSA) is 21.3 Å². The van der Waals surface area contributed by atoms with Gasteiger partial charge in [0, 0.05) is 38.6 Å². The Morgan fingerprint density at radius 3 is 1.86 bits per heavy atom. The highest BCUT2D eigenvalue weighted by Gasteiger charge is 2.20. The fourth-order valence-corrected chi connectivity index (χ4v) is 7.55. The lowest BCUT2D eigenvalue weighted by molar-refractivity contribution is 0.669. The smallest absolute Gasteiger partial charge is 0.137 e. The summed E-state index contributed by atoms with van der Waals surface area (Å²) in [6.07, 6.45) is 0. The number of furan rings is 1. The lowest BCUT2D eigenvalue weighted by Crippen LogP contribution is -2.10. The van der Waals surface area contributed by atoms with Gasteiger partial charge in [0.05, 0.1) is 22.1 Å². The molecule has 3 heteroatoms. The summed E-state index contributed by atoms with van der Waals surface area (Å²) in [5.41, 5.74) is 10.9. The lowest BCUT2D eigenvalue weighted by atomic mass is 10.0. The third-order valence-electron chi connectivity index (χ3n) is 9.78. The quantitative estimate of drug-likeness (QED) is 0.190. The molecule has 0 atom stereocenters. The average molecular weight is 627 g/mol. The van der Waals surface area contributed by atoms with Gasteiger partial charge in [-0.25, -0.2) is 0 Å². The molecule has 0 aliphatic heterocycles. The Kier molecular flexibility index (Phi) is 6.18. The third-order valence-corrected chi connectivity index (χ3v) is 9.78. The van der Waals surface area contributed by atoms with Gasteiger partial charge in [-0.15, -0.1) is 0 Å². The number of fused-ring (bicyclic) bond motifs is 8. The highest BCUT2D eigenvalue weighted by molar-refractivity contribution is 6.18. The van der Waals surface area contributed by atoms with E-state index in [9.17, 15) is 0 Å². The first kappa shape index (κ1) is 27.5. The van der Waals surface area contributed by atoms with E-state index >= 15 is 0 Å². The third kappa shape index (κ3) is 4.37. The van der Waals surface area contributed by atoms with Gasteiger partial charge in [0.15, 0.2) is 0 Å². The summed E-state index contributed by atoms with van der Waals surface area (Å²) in [6.45, 7) is 0. The molecule has 2 aromatic heterocycles. The van der Waals surface area contributed by atoms with E-state index in [1.165, 1.54) is 43.7 Å². The number of benzene rings is 8. The van der Waals surface area contributed by atoms with Crippen molar-refractivity contribution >= 4 is 71.6 Å². The zero-order chi connectivity index (χ0) is 32.3. The predicted octanol–water partition coefficient (Wildman–Crippen LogP) is 13.0. The van der Waals surface area contributed by atoms with Gasteiger partial charge >= 0.3 is 0 Å².